The molecule has 3 aromatic carbocycles. The maximum Gasteiger partial charge on any atom is 0.270 e. The van der Waals surface area contributed by atoms with Crippen LogP contribution in [0.3, 0.4) is 0 Å². The van der Waals surface area contributed by atoms with Crippen molar-refractivity contribution in [1.29, 1.82) is 0 Å². The van der Waals surface area contributed by atoms with Crippen LogP contribution in [-0.2, 0) is 11.4 Å². The number of aryl methyl sites for hydroxylation is 2. The number of carbonyl (C=O) groups excluding carboxylic acids is 1. The molecule has 4 rings (SSSR count). The molecule has 1 fully saturated rings. The topological polar surface area (TPSA) is 29.5 Å². The third-order valence-electron chi connectivity index (χ3n) is 5.14. The smallest absolute Gasteiger partial charge is 0.270 e. The van der Waals surface area contributed by atoms with E-state index in [1.165, 1.54) is 17.8 Å². The van der Waals surface area contributed by atoms with Gasteiger partial charge in [0.25, 0.3) is 5.91 Å². The third-order valence-corrected chi connectivity index (χ3v) is 6.80. The summed E-state index contributed by atoms with van der Waals surface area (Å²) in [5.74, 6) is -0.0286. The van der Waals surface area contributed by atoms with Crippen LogP contribution in [-0.4, -0.2) is 10.2 Å². The molecule has 0 aliphatic carbocycles. The van der Waals surface area contributed by atoms with E-state index in [0.29, 0.717) is 25.6 Å². The maximum atomic E-state index is 14.0. The minimum Gasteiger partial charge on any atom is -0.489 e. The molecular weight excluding hydrogens is 465 g/mol. The normalized spacial score (nSPS) is 15.0. The number of carbonyl (C=O) groups is 1. The third kappa shape index (κ3) is 4.72. The molecule has 1 saturated heterocycles. The number of anilines is 1. The number of benzene rings is 3. The molecule has 7 heteroatoms. The quantitative estimate of drug-likeness (QED) is 0.286. The monoisotopic (exact) mass is 483 g/mol. The zero-order chi connectivity index (χ0) is 22.8. The summed E-state index contributed by atoms with van der Waals surface area (Å²) in [5, 5.41) is 0.316. The molecular formula is C25H19ClFNO2S2. The summed E-state index contributed by atoms with van der Waals surface area (Å²) in [5.41, 5.74) is 4.10. The Bertz CT molecular complexity index is 1240. The van der Waals surface area contributed by atoms with Crippen LogP contribution in [0.4, 0.5) is 10.1 Å². The number of thioether (sulfide) groups is 1. The Morgan fingerprint density at radius 2 is 1.88 bits per heavy atom. The molecule has 0 bridgehead atoms. The summed E-state index contributed by atoms with van der Waals surface area (Å²) in [6.07, 6.45) is 1.78. The second kappa shape index (κ2) is 9.45. The Morgan fingerprint density at radius 3 is 2.62 bits per heavy atom. The average Bonchev–Trinajstić information content (AvgIpc) is 3.03. The van der Waals surface area contributed by atoms with Gasteiger partial charge in [-0.1, -0.05) is 59.8 Å². The standard InChI is InChI=1S/C25H19ClFNO2S2/c1-15-9-10-18(11-16(15)2)28-24(29)23(32-25(28)31)13-17-5-3-6-19(12-17)30-14-20-21(26)7-4-8-22(20)27/h3-13H,14H2,1-2H3. The van der Waals surface area contributed by atoms with Crippen molar-refractivity contribution in [1.82, 2.24) is 0 Å². The van der Waals surface area contributed by atoms with Gasteiger partial charge >= 0.3 is 0 Å². The number of rotatable bonds is 5. The van der Waals surface area contributed by atoms with Crippen LogP contribution in [0.5, 0.6) is 5.75 Å². The second-order valence-corrected chi connectivity index (χ2v) is 9.43. The molecule has 1 aliphatic heterocycles. The minimum absolute atomic E-state index is 0.00382. The molecule has 1 amide bonds. The number of nitrogens with zero attached hydrogens (tertiary/aromatic N) is 1. The van der Waals surface area contributed by atoms with Crippen molar-refractivity contribution in [3.8, 4) is 5.75 Å². The van der Waals surface area contributed by atoms with Crippen molar-refractivity contribution in [3.05, 3.63) is 98.7 Å². The Kier molecular flexibility index (Phi) is 6.65. The molecule has 0 N–H and O–H groups in total. The number of amides is 1. The molecule has 0 unspecified atom stereocenters. The van der Waals surface area contributed by atoms with Crippen LogP contribution in [0, 0.1) is 19.7 Å². The maximum absolute atomic E-state index is 14.0. The molecule has 3 aromatic rings. The van der Waals surface area contributed by atoms with Gasteiger partial charge in [-0.25, -0.2) is 4.39 Å². The lowest BCUT2D eigenvalue weighted by Gasteiger charge is -2.15. The van der Waals surface area contributed by atoms with E-state index in [-0.39, 0.29) is 12.5 Å². The van der Waals surface area contributed by atoms with Crippen LogP contribution < -0.4 is 9.64 Å². The molecule has 3 nitrogen and oxygen atoms in total. The Labute approximate surface area is 200 Å². The summed E-state index contributed by atoms with van der Waals surface area (Å²) < 4.78 is 20.2. The van der Waals surface area contributed by atoms with E-state index in [1.54, 1.807) is 35.2 Å². The van der Waals surface area contributed by atoms with Gasteiger partial charge in [0.05, 0.1) is 15.6 Å². The van der Waals surface area contributed by atoms with E-state index in [4.69, 9.17) is 28.6 Å². The summed E-state index contributed by atoms with van der Waals surface area (Å²) in [6.45, 7) is 4.04. The first-order valence-electron chi connectivity index (χ1n) is 9.84. The molecule has 1 heterocycles. The number of thiocarbonyl (C=S) groups is 1. The first-order chi connectivity index (χ1) is 15.3. The molecule has 0 radical (unpaired) electrons. The zero-order valence-electron chi connectivity index (χ0n) is 17.4. The summed E-state index contributed by atoms with van der Waals surface area (Å²) >= 11 is 12.8. The van der Waals surface area contributed by atoms with E-state index < -0.39 is 5.82 Å². The van der Waals surface area contributed by atoms with E-state index >= 15 is 0 Å². The largest absolute Gasteiger partial charge is 0.489 e. The first-order valence-corrected chi connectivity index (χ1v) is 11.4. The molecule has 0 saturated carbocycles. The van der Waals surface area contributed by atoms with Gasteiger partial charge < -0.3 is 4.74 Å². The van der Waals surface area contributed by atoms with Crippen molar-refractivity contribution < 1.29 is 13.9 Å². The Morgan fingerprint density at radius 1 is 1.09 bits per heavy atom. The number of halogens is 2. The summed E-state index contributed by atoms with van der Waals surface area (Å²) in [4.78, 5) is 15.1. The molecule has 162 valence electrons. The highest BCUT2D eigenvalue weighted by Gasteiger charge is 2.33. The van der Waals surface area contributed by atoms with Crippen molar-refractivity contribution >= 4 is 57.6 Å². The van der Waals surface area contributed by atoms with Crippen LogP contribution in [0.2, 0.25) is 5.02 Å². The fraction of sp³-hybridized carbons (Fsp3) is 0.120. The molecule has 1 aliphatic rings. The van der Waals surface area contributed by atoms with Gasteiger partial charge in [0, 0.05) is 5.56 Å². The number of hydrogen-bond acceptors (Lipinski definition) is 4. The highest BCUT2D eigenvalue weighted by atomic mass is 35.5. The van der Waals surface area contributed by atoms with Crippen molar-refractivity contribution in [2.24, 2.45) is 0 Å². The second-order valence-electron chi connectivity index (χ2n) is 7.35. The lowest BCUT2D eigenvalue weighted by atomic mass is 10.1. The fourth-order valence-corrected chi connectivity index (χ4v) is 4.74. The van der Waals surface area contributed by atoms with Gasteiger partial charge in [0.1, 0.15) is 18.2 Å². The van der Waals surface area contributed by atoms with Gasteiger partial charge in [-0.2, -0.15) is 0 Å². The van der Waals surface area contributed by atoms with Crippen molar-refractivity contribution in [2.45, 2.75) is 20.5 Å². The van der Waals surface area contributed by atoms with Gasteiger partial charge in [0.15, 0.2) is 4.32 Å². The van der Waals surface area contributed by atoms with Gasteiger partial charge in [-0.15, -0.1) is 0 Å². The average molecular weight is 484 g/mol. The van der Waals surface area contributed by atoms with Gasteiger partial charge in [-0.05, 0) is 73.0 Å². The first kappa shape index (κ1) is 22.5. The summed E-state index contributed by atoms with van der Waals surface area (Å²) in [6, 6.07) is 17.6. The van der Waals surface area contributed by atoms with E-state index in [1.807, 2.05) is 44.2 Å². The molecule has 32 heavy (non-hydrogen) atoms. The lowest BCUT2D eigenvalue weighted by molar-refractivity contribution is -0.113. The highest BCUT2D eigenvalue weighted by molar-refractivity contribution is 8.27. The lowest BCUT2D eigenvalue weighted by Crippen LogP contribution is -2.27. The van der Waals surface area contributed by atoms with E-state index in [0.717, 1.165) is 22.4 Å². The number of ether oxygens (including phenoxy) is 1. The Balaban J connectivity index is 1.53. The highest BCUT2D eigenvalue weighted by Crippen LogP contribution is 2.37. The van der Waals surface area contributed by atoms with Crippen molar-refractivity contribution in [3.63, 3.8) is 0 Å². The molecule has 0 aromatic heterocycles. The van der Waals surface area contributed by atoms with E-state index in [2.05, 4.69) is 0 Å². The predicted octanol–water partition coefficient (Wildman–Crippen LogP) is 7.08. The van der Waals surface area contributed by atoms with Crippen LogP contribution in [0.15, 0.2) is 65.6 Å². The van der Waals surface area contributed by atoms with Crippen LogP contribution >= 0.6 is 35.6 Å². The fourth-order valence-electron chi connectivity index (χ4n) is 3.23. The SMILES string of the molecule is Cc1ccc(N2C(=O)C(=Cc3cccc(OCc4c(F)cccc4Cl)c3)SC2=S)cc1C. The summed E-state index contributed by atoms with van der Waals surface area (Å²) in [7, 11) is 0. The predicted molar refractivity (Wildman–Crippen MR) is 134 cm³/mol. The molecule has 0 spiro atoms. The van der Waals surface area contributed by atoms with Gasteiger partial charge in [0.2, 0.25) is 0 Å². The van der Waals surface area contributed by atoms with Crippen LogP contribution in [0.25, 0.3) is 6.08 Å². The van der Waals surface area contributed by atoms with Gasteiger partial charge in [-0.3, -0.25) is 9.69 Å². The zero-order valence-corrected chi connectivity index (χ0v) is 19.8. The molecule has 0 atom stereocenters. The van der Waals surface area contributed by atoms with Crippen LogP contribution in [0.1, 0.15) is 22.3 Å². The van der Waals surface area contributed by atoms with E-state index in [9.17, 15) is 9.18 Å². The van der Waals surface area contributed by atoms with Crippen molar-refractivity contribution in [2.75, 3.05) is 4.90 Å². The minimum atomic E-state index is -0.413. The number of hydrogen-bond donors (Lipinski definition) is 0. The Hall–Kier alpha value is -2.67.